The molecule has 0 radical (unpaired) electrons. The standard InChI is InChI=1S/C27H29NO3/c1-5-31-23-13-9-6-10-17(23)14-18-15-19(27(2,3)4)16-21-24(26(29)30)20-11-7-8-12-22(20)28-25(18)21/h6-14,19H,5,15-16H2,1-4H3,(H,29,30). The van der Waals surface area contributed by atoms with E-state index < -0.39 is 5.97 Å². The number of allylic oxidation sites excluding steroid dienone is 1. The van der Waals surface area contributed by atoms with Crippen molar-refractivity contribution in [3.8, 4) is 5.75 Å². The summed E-state index contributed by atoms with van der Waals surface area (Å²) in [7, 11) is 0. The highest BCUT2D eigenvalue weighted by Crippen LogP contribution is 2.45. The maximum absolute atomic E-state index is 12.4. The molecule has 31 heavy (non-hydrogen) atoms. The summed E-state index contributed by atoms with van der Waals surface area (Å²) in [6, 6.07) is 15.5. The second-order valence-corrected chi connectivity index (χ2v) is 9.25. The minimum absolute atomic E-state index is 0.0393. The van der Waals surface area contributed by atoms with Gasteiger partial charge >= 0.3 is 5.97 Å². The Morgan fingerprint density at radius 1 is 1.13 bits per heavy atom. The van der Waals surface area contributed by atoms with E-state index in [1.54, 1.807) is 0 Å². The van der Waals surface area contributed by atoms with Crippen molar-refractivity contribution < 1.29 is 14.6 Å². The number of aromatic carboxylic acids is 1. The first kappa shape index (κ1) is 21.1. The van der Waals surface area contributed by atoms with Crippen LogP contribution in [-0.2, 0) is 6.42 Å². The third-order valence-corrected chi connectivity index (χ3v) is 6.20. The number of hydrogen-bond acceptors (Lipinski definition) is 3. The molecule has 1 heterocycles. The fraction of sp³-hybridized carbons (Fsp3) is 0.333. The molecule has 4 heteroatoms. The first-order chi connectivity index (χ1) is 14.8. The number of nitrogens with zero attached hydrogens (tertiary/aromatic N) is 1. The van der Waals surface area contributed by atoms with Crippen molar-refractivity contribution in [1.29, 1.82) is 0 Å². The third-order valence-electron chi connectivity index (χ3n) is 6.20. The van der Waals surface area contributed by atoms with Crippen LogP contribution in [0.15, 0.2) is 48.5 Å². The number of carboxylic acid groups (broad SMARTS) is 1. The van der Waals surface area contributed by atoms with Gasteiger partial charge in [-0.25, -0.2) is 9.78 Å². The molecule has 1 unspecified atom stereocenters. The molecular weight excluding hydrogens is 386 g/mol. The van der Waals surface area contributed by atoms with Gasteiger partial charge in [0.25, 0.3) is 0 Å². The molecule has 0 fully saturated rings. The zero-order valence-electron chi connectivity index (χ0n) is 18.6. The molecule has 0 amide bonds. The maximum atomic E-state index is 12.4. The number of fused-ring (bicyclic) bond motifs is 2. The second-order valence-electron chi connectivity index (χ2n) is 9.25. The number of carbonyl (C=O) groups is 1. The zero-order valence-corrected chi connectivity index (χ0v) is 18.6. The van der Waals surface area contributed by atoms with Gasteiger partial charge in [0, 0.05) is 10.9 Å². The SMILES string of the molecule is CCOc1ccccc1C=C1CC(C(C)(C)C)Cc2c1nc1ccccc1c2C(=O)O. The van der Waals surface area contributed by atoms with Crippen LogP contribution in [0.1, 0.15) is 61.3 Å². The van der Waals surface area contributed by atoms with Crippen LogP contribution in [0.4, 0.5) is 0 Å². The first-order valence-corrected chi connectivity index (χ1v) is 10.9. The van der Waals surface area contributed by atoms with Crippen LogP contribution in [0.5, 0.6) is 5.75 Å². The molecule has 0 saturated heterocycles. The number of rotatable bonds is 4. The molecule has 160 valence electrons. The van der Waals surface area contributed by atoms with Crippen molar-refractivity contribution >= 4 is 28.5 Å². The van der Waals surface area contributed by atoms with Gasteiger partial charge in [-0.05, 0) is 60.4 Å². The van der Waals surface area contributed by atoms with Gasteiger partial charge in [0.1, 0.15) is 5.75 Å². The fourth-order valence-corrected chi connectivity index (χ4v) is 4.45. The van der Waals surface area contributed by atoms with Crippen LogP contribution in [0.25, 0.3) is 22.6 Å². The summed E-state index contributed by atoms with van der Waals surface area (Å²) in [4.78, 5) is 17.3. The lowest BCUT2D eigenvalue weighted by atomic mass is 9.69. The van der Waals surface area contributed by atoms with Crippen molar-refractivity contribution in [3.63, 3.8) is 0 Å². The van der Waals surface area contributed by atoms with Crippen molar-refractivity contribution in [2.24, 2.45) is 11.3 Å². The Kier molecular flexibility index (Phi) is 5.57. The van der Waals surface area contributed by atoms with E-state index in [0.717, 1.165) is 40.1 Å². The van der Waals surface area contributed by atoms with E-state index >= 15 is 0 Å². The van der Waals surface area contributed by atoms with E-state index in [1.807, 2.05) is 55.5 Å². The van der Waals surface area contributed by atoms with Gasteiger partial charge in [-0.15, -0.1) is 0 Å². The molecule has 1 N–H and O–H groups in total. The number of aromatic nitrogens is 1. The number of carboxylic acids is 1. The van der Waals surface area contributed by atoms with Gasteiger partial charge in [-0.1, -0.05) is 57.2 Å². The molecule has 1 atom stereocenters. The van der Waals surface area contributed by atoms with Crippen molar-refractivity contribution in [2.75, 3.05) is 6.61 Å². The highest BCUT2D eigenvalue weighted by atomic mass is 16.5. The Bertz CT molecular complexity index is 1170. The highest BCUT2D eigenvalue weighted by molar-refractivity contribution is 6.06. The molecule has 3 aromatic rings. The molecular formula is C27H29NO3. The van der Waals surface area contributed by atoms with E-state index in [-0.39, 0.29) is 5.41 Å². The number of pyridine rings is 1. The molecule has 4 nitrogen and oxygen atoms in total. The van der Waals surface area contributed by atoms with E-state index in [0.29, 0.717) is 29.9 Å². The van der Waals surface area contributed by atoms with Gasteiger partial charge in [-0.2, -0.15) is 0 Å². The van der Waals surface area contributed by atoms with Gasteiger partial charge in [0.15, 0.2) is 0 Å². The van der Waals surface area contributed by atoms with Gasteiger partial charge in [-0.3, -0.25) is 0 Å². The minimum Gasteiger partial charge on any atom is -0.493 e. The van der Waals surface area contributed by atoms with Gasteiger partial charge in [0.05, 0.1) is 23.4 Å². The summed E-state index contributed by atoms with van der Waals surface area (Å²) >= 11 is 0. The molecule has 0 aliphatic heterocycles. The zero-order chi connectivity index (χ0) is 22.2. The Labute approximate surface area is 183 Å². The number of hydrogen-bond donors (Lipinski definition) is 1. The van der Waals surface area contributed by atoms with E-state index in [2.05, 4.69) is 26.8 Å². The monoisotopic (exact) mass is 415 g/mol. The number of ether oxygens (including phenoxy) is 1. The Balaban J connectivity index is 1.99. The van der Waals surface area contributed by atoms with Crippen LogP contribution >= 0.6 is 0 Å². The van der Waals surface area contributed by atoms with Crippen molar-refractivity contribution in [3.05, 3.63) is 70.9 Å². The average molecular weight is 416 g/mol. The summed E-state index contributed by atoms with van der Waals surface area (Å²) in [6.07, 6.45) is 3.69. The lowest BCUT2D eigenvalue weighted by Gasteiger charge is -2.36. The molecule has 2 aromatic carbocycles. The molecule has 1 aliphatic rings. The predicted molar refractivity (Wildman–Crippen MR) is 125 cm³/mol. The average Bonchev–Trinajstić information content (AvgIpc) is 2.72. The smallest absolute Gasteiger partial charge is 0.336 e. The quantitative estimate of drug-likeness (QED) is 0.530. The van der Waals surface area contributed by atoms with Crippen LogP contribution in [0.3, 0.4) is 0 Å². The molecule has 0 saturated carbocycles. The third kappa shape index (κ3) is 4.07. The lowest BCUT2D eigenvalue weighted by Crippen LogP contribution is -2.28. The number of benzene rings is 2. The lowest BCUT2D eigenvalue weighted by molar-refractivity contribution is 0.0696. The van der Waals surface area contributed by atoms with E-state index in [9.17, 15) is 9.90 Å². The summed E-state index contributed by atoms with van der Waals surface area (Å²) in [5.74, 6) is 0.251. The van der Waals surface area contributed by atoms with Gasteiger partial charge in [0.2, 0.25) is 0 Å². The number of para-hydroxylation sites is 2. The highest BCUT2D eigenvalue weighted by Gasteiger charge is 2.35. The molecule has 4 rings (SSSR count). The molecule has 0 spiro atoms. The minimum atomic E-state index is -0.890. The van der Waals surface area contributed by atoms with Crippen LogP contribution in [0, 0.1) is 11.3 Å². The largest absolute Gasteiger partial charge is 0.493 e. The van der Waals surface area contributed by atoms with Crippen molar-refractivity contribution in [2.45, 2.75) is 40.5 Å². The van der Waals surface area contributed by atoms with Crippen LogP contribution in [-0.4, -0.2) is 22.7 Å². The molecule has 0 bridgehead atoms. The Hall–Kier alpha value is -3.14. The fourth-order valence-electron chi connectivity index (χ4n) is 4.45. The summed E-state index contributed by atoms with van der Waals surface area (Å²) in [6.45, 7) is 9.24. The second kappa shape index (κ2) is 8.18. The van der Waals surface area contributed by atoms with Crippen molar-refractivity contribution in [1.82, 2.24) is 4.98 Å². The van der Waals surface area contributed by atoms with Crippen LogP contribution < -0.4 is 4.74 Å². The predicted octanol–water partition coefficient (Wildman–Crippen LogP) is 6.48. The summed E-state index contributed by atoms with van der Waals surface area (Å²) in [5, 5.41) is 10.9. The normalized spacial score (nSPS) is 17.5. The Morgan fingerprint density at radius 2 is 1.84 bits per heavy atom. The van der Waals surface area contributed by atoms with Crippen LogP contribution in [0.2, 0.25) is 0 Å². The van der Waals surface area contributed by atoms with E-state index in [1.165, 1.54) is 0 Å². The molecule has 1 aliphatic carbocycles. The van der Waals surface area contributed by atoms with E-state index in [4.69, 9.17) is 9.72 Å². The first-order valence-electron chi connectivity index (χ1n) is 10.9. The maximum Gasteiger partial charge on any atom is 0.336 e. The topological polar surface area (TPSA) is 59.4 Å². The Morgan fingerprint density at radius 3 is 2.55 bits per heavy atom. The molecule has 1 aromatic heterocycles. The van der Waals surface area contributed by atoms with Gasteiger partial charge < -0.3 is 9.84 Å². The summed E-state index contributed by atoms with van der Waals surface area (Å²) < 4.78 is 5.83. The summed E-state index contributed by atoms with van der Waals surface area (Å²) in [5.41, 5.74) is 4.86.